The zero-order chi connectivity index (χ0) is 20.1. The predicted molar refractivity (Wildman–Crippen MR) is 107 cm³/mol. The second-order valence-corrected chi connectivity index (χ2v) is 8.04. The summed E-state index contributed by atoms with van der Waals surface area (Å²) in [5, 5.41) is 0. The van der Waals surface area contributed by atoms with Crippen molar-refractivity contribution in [2.45, 2.75) is 51.4 Å². The SMILES string of the molecule is CC(C)(C)OC(=O)N1C(=O)[C@H](Cc2ccccc2)OC[C@@H]1Cc1ccccc1. The van der Waals surface area contributed by atoms with E-state index in [1.165, 1.54) is 4.90 Å². The number of carbonyl (C=O) groups is 2. The Labute approximate surface area is 166 Å². The number of hydrogen-bond acceptors (Lipinski definition) is 4. The molecule has 0 spiro atoms. The first-order chi connectivity index (χ1) is 13.3. The van der Waals surface area contributed by atoms with Crippen LogP contribution in [0, 0.1) is 0 Å². The Morgan fingerprint density at radius 2 is 1.54 bits per heavy atom. The summed E-state index contributed by atoms with van der Waals surface area (Å²) in [4.78, 5) is 27.3. The summed E-state index contributed by atoms with van der Waals surface area (Å²) >= 11 is 0. The molecule has 1 aliphatic rings. The van der Waals surface area contributed by atoms with Crippen molar-refractivity contribution in [2.75, 3.05) is 6.61 Å². The Balaban J connectivity index is 1.80. The molecule has 2 aromatic rings. The maximum absolute atomic E-state index is 13.2. The van der Waals surface area contributed by atoms with Gasteiger partial charge in [0.05, 0.1) is 12.6 Å². The first-order valence-corrected chi connectivity index (χ1v) is 9.59. The average Bonchev–Trinajstić information content (AvgIpc) is 2.64. The van der Waals surface area contributed by atoms with Crippen LogP contribution in [0.1, 0.15) is 31.9 Å². The van der Waals surface area contributed by atoms with Crippen molar-refractivity contribution in [1.29, 1.82) is 0 Å². The number of carbonyl (C=O) groups excluding carboxylic acids is 2. The maximum Gasteiger partial charge on any atom is 0.417 e. The van der Waals surface area contributed by atoms with E-state index >= 15 is 0 Å². The van der Waals surface area contributed by atoms with Crippen molar-refractivity contribution in [1.82, 2.24) is 4.90 Å². The van der Waals surface area contributed by atoms with Crippen LogP contribution in [0.3, 0.4) is 0 Å². The van der Waals surface area contributed by atoms with Gasteiger partial charge in [0.2, 0.25) is 0 Å². The Kier molecular flexibility index (Phi) is 6.15. The lowest BCUT2D eigenvalue weighted by molar-refractivity contribution is -0.157. The smallest absolute Gasteiger partial charge is 0.417 e. The predicted octanol–water partition coefficient (Wildman–Crippen LogP) is 4.00. The van der Waals surface area contributed by atoms with Crippen LogP contribution in [0.5, 0.6) is 0 Å². The van der Waals surface area contributed by atoms with Gasteiger partial charge in [-0.1, -0.05) is 60.7 Å². The number of benzene rings is 2. The van der Waals surface area contributed by atoms with Gasteiger partial charge in [-0.05, 0) is 38.3 Å². The van der Waals surface area contributed by atoms with Gasteiger partial charge in [-0.2, -0.15) is 0 Å². The van der Waals surface area contributed by atoms with Crippen molar-refractivity contribution in [2.24, 2.45) is 0 Å². The Morgan fingerprint density at radius 1 is 1.00 bits per heavy atom. The second-order valence-electron chi connectivity index (χ2n) is 8.04. The van der Waals surface area contributed by atoms with E-state index in [-0.39, 0.29) is 12.5 Å². The largest absolute Gasteiger partial charge is 0.443 e. The molecular weight excluding hydrogens is 354 g/mol. The molecule has 28 heavy (non-hydrogen) atoms. The molecule has 0 saturated carbocycles. The number of imide groups is 1. The quantitative estimate of drug-likeness (QED) is 0.803. The molecule has 0 bridgehead atoms. The monoisotopic (exact) mass is 381 g/mol. The molecule has 0 aliphatic carbocycles. The molecule has 2 aromatic carbocycles. The van der Waals surface area contributed by atoms with Gasteiger partial charge >= 0.3 is 6.09 Å². The van der Waals surface area contributed by atoms with Crippen LogP contribution in [-0.2, 0) is 27.1 Å². The molecule has 5 heteroatoms. The van der Waals surface area contributed by atoms with E-state index in [1.807, 2.05) is 60.7 Å². The molecule has 1 aliphatic heterocycles. The van der Waals surface area contributed by atoms with E-state index in [0.29, 0.717) is 12.8 Å². The number of nitrogens with zero attached hydrogens (tertiary/aromatic N) is 1. The molecule has 3 rings (SSSR count). The van der Waals surface area contributed by atoms with Crippen LogP contribution < -0.4 is 0 Å². The minimum atomic E-state index is -0.693. The fourth-order valence-electron chi connectivity index (χ4n) is 3.27. The highest BCUT2D eigenvalue weighted by Crippen LogP contribution is 2.23. The molecule has 1 fully saturated rings. The highest BCUT2D eigenvalue weighted by atomic mass is 16.6. The van der Waals surface area contributed by atoms with Crippen LogP contribution in [-0.4, -0.2) is 41.3 Å². The van der Waals surface area contributed by atoms with Crippen LogP contribution in [0.4, 0.5) is 4.79 Å². The summed E-state index contributed by atoms with van der Waals surface area (Å²) in [5.41, 5.74) is 1.35. The molecule has 2 amide bonds. The fraction of sp³-hybridized carbons (Fsp3) is 0.391. The molecule has 0 unspecified atom stereocenters. The Morgan fingerprint density at radius 3 is 2.07 bits per heavy atom. The van der Waals surface area contributed by atoms with Crippen LogP contribution in [0.15, 0.2) is 60.7 Å². The number of ether oxygens (including phenoxy) is 2. The van der Waals surface area contributed by atoms with E-state index in [2.05, 4.69) is 0 Å². The van der Waals surface area contributed by atoms with Crippen LogP contribution in [0.2, 0.25) is 0 Å². The molecule has 1 heterocycles. The molecule has 0 N–H and O–H groups in total. The summed E-state index contributed by atoms with van der Waals surface area (Å²) in [6.07, 6.45) is -0.345. The third-order valence-corrected chi connectivity index (χ3v) is 4.54. The minimum Gasteiger partial charge on any atom is -0.443 e. The highest BCUT2D eigenvalue weighted by Gasteiger charge is 2.42. The van der Waals surface area contributed by atoms with E-state index < -0.39 is 23.8 Å². The molecule has 148 valence electrons. The molecule has 2 atom stereocenters. The van der Waals surface area contributed by atoms with Crippen molar-refractivity contribution in [3.05, 3.63) is 71.8 Å². The van der Waals surface area contributed by atoms with Crippen molar-refractivity contribution >= 4 is 12.0 Å². The van der Waals surface area contributed by atoms with Crippen molar-refractivity contribution in [3.63, 3.8) is 0 Å². The van der Waals surface area contributed by atoms with Gasteiger partial charge in [0, 0.05) is 6.42 Å². The van der Waals surface area contributed by atoms with E-state index in [1.54, 1.807) is 20.8 Å². The van der Waals surface area contributed by atoms with Crippen molar-refractivity contribution in [3.8, 4) is 0 Å². The van der Waals surface area contributed by atoms with E-state index in [0.717, 1.165) is 11.1 Å². The summed E-state index contributed by atoms with van der Waals surface area (Å²) < 4.78 is 11.4. The fourth-order valence-corrected chi connectivity index (χ4v) is 3.27. The first-order valence-electron chi connectivity index (χ1n) is 9.59. The summed E-state index contributed by atoms with van der Waals surface area (Å²) in [6.45, 7) is 5.67. The van der Waals surface area contributed by atoms with Crippen LogP contribution in [0.25, 0.3) is 0 Å². The topological polar surface area (TPSA) is 55.8 Å². The van der Waals surface area contributed by atoms with E-state index in [4.69, 9.17) is 9.47 Å². The zero-order valence-corrected chi connectivity index (χ0v) is 16.6. The molecule has 1 saturated heterocycles. The van der Waals surface area contributed by atoms with Gasteiger partial charge < -0.3 is 9.47 Å². The number of morpholine rings is 1. The number of hydrogen-bond donors (Lipinski definition) is 0. The summed E-state index contributed by atoms with van der Waals surface area (Å²) in [5.74, 6) is -0.342. The number of amides is 2. The molecular formula is C23H27NO4. The minimum absolute atomic E-state index is 0.289. The lowest BCUT2D eigenvalue weighted by Crippen LogP contribution is -2.58. The molecule has 5 nitrogen and oxygen atoms in total. The standard InChI is InChI=1S/C23H27NO4/c1-23(2,3)28-22(26)24-19(14-17-10-6-4-7-11-17)16-27-20(21(24)25)15-18-12-8-5-9-13-18/h4-13,19-20H,14-16H2,1-3H3/t19-,20-/m0/s1. The second kappa shape index (κ2) is 8.57. The van der Waals surface area contributed by atoms with Gasteiger partial charge in [-0.25, -0.2) is 9.69 Å². The zero-order valence-electron chi connectivity index (χ0n) is 16.6. The average molecular weight is 381 g/mol. The lowest BCUT2D eigenvalue weighted by atomic mass is 10.0. The van der Waals surface area contributed by atoms with Crippen molar-refractivity contribution < 1.29 is 19.1 Å². The first kappa shape index (κ1) is 20.1. The Hall–Kier alpha value is -2.66. The van der Waals surface area contributed by atoms with E-state index in [9.17, 15) is 9.59 Å². The van der Waals surface area contributed by atoms with Gasteiger partial charge in [0.25, 0.3) is 5.91 Å². The highest BCUT2D eigenvalue weighted by molar-refractivity contribution is 5.95. The van der Waals surface area contributed by atoms with Gasteiger partial charge in [0.15, 0.2) is 0 Å². The normalized spacial score (nSPS) is 20.1. The molecule has 0 aromatic heterocycles. The third kappa shape index (κ3) is 5.20. The van der Waals surface area contributed by atoms with Gasteiger partial charge in [-0.3, -0.25) is 4.79 Å². The van der Waals surface area contributed by atoms with Crippen LogP contribution >= 0.6 is 0 Å². The Bertz CT molecular complexity index is 798. The molecule has 0 radical (unpaired) electrons. The van der Waals surface area contributed by atoms with Gasteiger partial charge in [-0.15, -0.1) is 0 Å². The summed E-state index contributed by atoms with van der Waals surface area (Å²) in [7, 11) is 0. The summed E-state index contributed by atoms with van der Waals surface area (Å²) in [6, 6.07) is 19.1. The third-order valence-electron chi connectivity index (χ3n) is 4.54. The number of rotatable bonds is 4. The maximum atomic E-state index is 13.2. The lowest BCUT2D eigenvalue weighted by Gasteiger charge is -2.38. The van der Waals surface area contributed by atoms with Gasteiger partial charge in [0.1, 0.15) is 11.7 Å².